The molecule has 0 radical (unpaired) electrons. The zero-order chi connectivity index (χ0) is 12.9. The number of allylic oxidation sites excluding steroid dienone is 3. The minimum absolute atomic E-state index is 0.183. The largest absolute Gasteiger partial charge is 0.481 e. The summed E-state index contributed by atoms with van der Waals surface area (Å²) in [5, 5.41) is 17.7. The molecule has 0 aliphatic carbocycles. The molecule has 0 heterocycles. The second-order valence-electron chi connectivity index (χ2n) is 4.16. The molecule has 3 nitrogen and oxygen atoms in total. The molecule has 1 atom stereocenters. The second-order valence-corrected chi connectivity index (χ2v) is 4.16. The number of carbonyl (C=O) groups is 1. The van der Waals surface area contributed by atoms with Crippen LogP contribution in [0.5, 0.6) is 0 Å². The van der Waals surface area contributed by atoms with Crippen molar-refractivity contribution in [1.82, 2.24) is 0 Å². The Bertz CT molecular complexity index is 244. The van der Waals surface area contributed by atoms with E-state index in [2.05, 4.69) is 19.1 Å². The van der Waals surface area contributed by atoms with Gasteiger partial charge in [0.25, 0.3) is 0 Å². The maximum atomic E-state index is 10.3. The minimum atomic E-state index is -0.957. The van der Waals surface area contributed by atoms with Gasteiger partial charge in [-0.25, -0.2) is 0 Å². The number of unbranched alkanes of at least 4 members (excludes halogenated alkanes) is 3. The summed E-state index contributed by atoms with van der Waals surface area (Å²) in [7, 11) is 0. The Morgan fingerprint density at radius 1 is 1.18 bits per heavy atom. The van der Waals surface area contributed by atoms with Crippen molar-refractivity contribution >= 4 is 5.97 Å². The molecule has 0 fully saturated rings. The van der Waals surface area contributed by atoms with Gasteiger partial charge in [-0.05, 0) is 25.7 Å². The van der Waals surface area contributed by atoms with E-state index in [1.54, 1.807) is 0 Å². The Morgan fingerprint density at radius 2 is 1.88 bits per heavy atom. The average Bonchev–Trinajstić information content (AvgIpc) is 2.26. The molecular weight excluding hydrogens is 216 g/mol. The number of hydrogen-bond acceptors (Lipinski definition) is 2. The van der Waals surface area contributed by atoms with Crippen molar-refractivity contribution in [3.8, 4) is 0 Å². The first-order chi connectivity index (χ1) is 8.16. The van der Waals surface area contributed by atoms with E-state index in [-0.39, 0.29) is 6.42 Å². The van der Waals surface area contributed by atoms with E-state index < -0.39 is 12.1 Å². The van der Waals surface area contributed by atoms with Crippen LogP contribution in [0.1, 0.15) is 51.9 Å². The monoisotopic (exact) mass is 240 g/mol. The van der Waals surface area contributed by atoms with E-state index in [9.17, 15) is 9.90 Å². The van der Waals surface area contributed by atoms with Crippen LogP contribution in [0.15, 0.2) is 24.3 Å². The topological polar surface area (TPSA) is 57.5 Å². The zero-order valence-electron chi connectivity index (χ0n) is 10.6. The quantitative estimate of drug-likeness (QED) is 0.455. The van der Waals surface area contributed by atoms with Gasteiger partial charge >= 0.3 is 5.97 Å². The summed E-state index contributed by atoms with van der Waals surface area (Å²) in [5.41, 5.74) is 0. The third-order valence-electron chi connectivity index (χ3n) is 2.40. The van der Waals surface area contributed by atoms with Gasteiger partial charge in [0.05, 0.1) is 12.5 Å². The van der Waals surface area contributed by atoms with Crippen LogP contribution in [0.4, 0.5) is 0 Å². The predicted molar refractivity (Wildman–Crippen MR) is 69.9 cm³/mol. The smallest absolute Gasteiger partial charge is 0.305 e. The van der Waals surface area contributed by atoms with E-state index in [4.69, 9.17) is 5.11 Å². The lowest BCUT2D eigenvalue weighted by molar-refractivity contribution is -0.139. The lowest BCUT2D eigenvalue weighted by atomic mass is 10.1. The number of carboxylic acids is 1. The molecule has 2 N–H and O–H groups in total. The molecule has 0 aromatic rings. The normalized spacial score (nSPS) is 13.5. The van der Waals surface area contributed by atoms with Crippen LogP contribution >= 0.6 is 0 Å². The number of aliphatic hydroxyl groups excluding tert-OH is 1. The average molecular weight is 240 g/mol. The molecule has 17 heavy (non-hydrogen) atoms. The van der Waals surface area contributed by atoms with Gasteiger partial charge in [-0.1, -0.05) is 44.1 Å². The van der Waals surface area contributed by atoms with Gasteiger partial charge in [0.1, 0.15) is 0 Å². The molecule has 0 aliphatic rings. The van der Waals surface area contributed by atoms with Crippen LogP contribution < -0.4 is 0 Å². The Morgan fingerprint density at radius 3 is 2.53 bits per heavy atom. The molecular formula is C14H24O3. The van der Waals surface area contributed by atoms with Crippen LogP contribution in [0.3, 0.4) is 0 Å². The van der Waals surface area contributed by atoms with Crippen molar-refractivity contribution in [3.05, 3.63) is 24.3 Å². The summed E-state index contributed by atoms with van der Waals surface area (Å²) in [6, 6.07) is 0. The summed E-state index contributed by atoms with van der Waals surface area (Å²) < 4.78 is 0. The van der Waals surface area contributed by atoms with Gasteiger partial charge in [-0.2, -0.15) is 0 Å². The summed E-state index contributed by atoms with van der Waals surface area (Å²) >= 11 is 0. The fourth-order valence-corrected chi connectivity index (χ4v) is 1.44. The Hall–Kier alpha value is -1.09. The summed E-state index contributed by atoms with van der Waals surface area (Å²) in [5.74, 6) is -0.957. The van der Waals surface area contributed by atoms with Crippen LogP contribution in [-0.2, 0) is 4.79 Å². The molecule has 0 spiro atoms. The van der Waals surface area contributed by atoms with Crippen LogP contribution in [0.2, 0.25) is 0 Å². The third-order valence-corrected chi connectivity index (χ3v) is 2.40. The molecule has 0 amide bonds. The van der Waals surface area contributed by atoms with E-state index in [1.165, 1.54) is 19.3 Å². The number of aliphatic carboxylic acids is 1. The standard InChI is InChI=1S/C14H24O3/c1-2-3-4-5-6-7-8-9-10-11-13(15)12-14(16)17/h6-7,9-10,13,15H,2-5,8,11-12H2,1H3,(H,16,17)/t13-/m1/s1. The van der Waals surface area contributed by atoms with Crippen LogP contribution in [-0.4, -0.2) is 22.3 Å². The molecule has 0 aromatic heterocycles. The molecule has 0 aliphatic heterocycles. The van der Waals surface area contributed by atoms with E-state index in [1.807, 2.05) is 12.2 Å². The fraction of sp³-hybridized carbons (Fsp3) is 0.643. The third kappa shape index (κ3) is 12.8. The van der Waals surface area contributed by atoms with E-state index >= 15 is 0 Å². The maximum Gasteiger partial charge on any atom is 0.305 e. The molecule has 0 rings (SSSR count). The first-order valence-corrected chi connectivity index (χ1v) is 6.36. The first kappa shape index (κ1) is 15.9. The number of rotatable bonds is 10. The van der Waals surface area contributed by atoms with Crippen molar-refractivity contribution in [1.29, 1.82) is 0 Å². The number of carboxylic acid groups (broad SMARTS) is 1. The second kappa shape index (κ2) is 11.4. The molecule has 3 heteroatoms. The summed E-state index contributed by atoms with van der Waals surface area (Å²) in [6.45, 7) is 2.19. The minimum Gasteiger partial charge on any atom is -0.481 e. The van der Waals surface area contributed by atoms with Crippen LogP contribution in [0, 0.1) is 0 Å². The number of aliphatic hydroxyl groups is 1. The van der Waals surface area contributed by atoms with Gasteiger partial charge in [0, 0.05) is 0 Å². The molecule has 98 valence electrons. The predicted octanol–water partition coefficient (Wildman–Crippen LogP) is 3.29. The van der Waals surface area contributed by atoms with Crippen molar-refractivity contribution in [3.63, 3.8) is 0 Å². The summed E-state index contributed by atoms with van der Waals surface area (Å²) in [6.07, 6.45) is 13.3. The molecule has 0 bridgehead atoms. The SMILES string of the molecule is CCCCCC=CCC=CC[C@@H](O)CC(=O)O. The molecule has 0 saturated heterocycles. The van der Waals surface area contributed by atoms with E-state index in [0.717, 1.165) is 12.8 Å². The van der Waals surface area contributed by atoms with Gasteiger partial charge in [-0.3, -0.25) is 4.79 Å². The molecule has 0 saturated carbocycles. The molecule has 0 unspecified atom stereocenters. The van der Waals surface area contributed by atoms with Crippen molar-refractivity contribution < 1.29 is 15.0 Å². The van der Waals surface area contributed by atoms with Crippen molar-refractivity contribution in [2.45, 2.75) is 58.0 Å². The summed E-state index contributed by atoms with van der Waals surface area (Å²) in [4.78, 5) is 10.3. The van der Waals surface area contributed by atoms with Gasteiger partial charge in [-0.15, -0.1) is 0 Å². The highest BCUT2D eigenvalue weighted by atomic mass is 16.4. The van der Waals surface area contributed by atoms with Crippen molar-refractivity contribution in [2.24, 2.45) is 0 Å². The Kier molecular flexibility index (Phi) is 10.7. The maximum absolute atomic E-state index is 10.3. The lowest BCUT2D eigenvalue weighted by Gasteiger charge is -2.02. The van der Waals surface area contributed by atoms with Gasteiger partial charge in [0.2, 0.25) is 0 Å². The highest BCUT2D eigenvalue weighted by Gasteiger charge is 2.06. The van der Waals surface area contributed by atoms with Gasteiger partial charge in [0.15, 0.2) is 0 Å². The Labute approximate surface area is 104 Å². The van der Waals surface area contributed by atoms with Crippen molar-refractivity contribution in [2.75, 3.05) is 0 Å². The van der Waals surface area contributed by atoms with Crippen LogP contribution in [0.25, 0.3) is 0 Å². The fourth-order valence-electron chi connectivity index (χ4n) is 1.44. The highest BCUT2D eigenvalue weighted by Crippen LogP contribution is 2.02. The van der Waals surface area contributed by atoms with E-state index in [0.29, 0.717) is 6.42 Å². The molecule has 0 aromatic carbocycles. The lowest BCUT2D eigenvalue weighted by Crippen LogP contribution is -2.11. The number of hydrogen-bond donors (Lipinski definition) is 2. The highest BCUT2D eigenvalue weighted by molar-refractivity contribution is 5.67. The zero-order valence-corrected chi connectivity index (χ0v) is 10.6. The Balaban J connectivity index is 3.44. The van der Waals surface area contributed by atoms with Gasteiger partial charge < -0.3 is 10.2 Å². The first-order valence-electron chi connectivity index (χ1n) is 6.36.